The van der Waals surface area contributed by atoms with Gasteiger partial charge in [-0.2, -0.15) is 0 Å². The van der Waals surface area contributed by atoms with Crippen molar-refractivity contribution in [2.24, 2.45) is 4.99 Å². The lowest BCUT2D eigenvalue weighted by atomic mass is 10.1. The van der Waals surface area contributed by atoms with E-state index in [1.54, 1.807) is 12.3 Å². The molecule has 3 heterocycles. The van der Waals surface area contributed by atoms with Gasteiger partial charge >= 0.3 is 0 Å². The second kappa shape index (κ2) is 12.3. The summed E-state index contributed by atoms with van der Waals surface area (Å²) in [5.41, 5.74) is 1.06. The molecule has 0 saturated carbocycles. The number of hydrogen-bond donors (Lipinski definition) is 2. The average Bonchev–Trinajstić information content (AvgIpc) is 3.24. The minimum absolute atomic E-state index is 0. The summed E-state index contributed by atoms with van der Waals surface area (Å²) < 4.78 is 11.7. The number of nitrogens with one attached hydrogen (secondary N) is 2. The van der Waals surface area contributed by atoms with Crippen molar-refractivity contribution in [2.45, 2.75) is 45.3 Å². The maximum Gasteiger partial charge on any atom is 0.227 e. The number of ether oxygens (including phenoxy) is 2. The van der Waals surface area contributed by atoms with Crippen LogP contribution in [0.2, 0.25) is 0 Å². The zero-order valence-electron chi connectivity index (χ0n) is 17.2. The summed E-state index contributed by atoms with van der Waals surface area (Å²) in [5, 5.41) is 6.14. The lowest BCUT2D eigenvalue weighted by molar-refractivity contribution is -0.116. The summed E-state index contributed by atoms with van der Waals surface area (Å²) >= 11 is 0. The molecule has 2 fully saturated rings. The van der Waals surface area contributed by atoms with Crippen molar-refractivity contribution in [2.75, 3.05) is 44.7 Å². The van der Waals surface area contributed by atoms with Crippen molar-refractivity contribution in [3.63, 3.8) is 0 Å². The van der Waals surface area contributed by atoms with Crippen molar-refractivity contribution in [3.05, 3.63) is 23.9 Å². The van der Waals surface area contributed by atoms with Gasteiger partial charge in [-0.05, 0) is 38.3 Å². The highest BCUT2D eigenvalue weighted by Gasteiger charge is 2.32. The first-order chi connectivity index (χ1) is 13.7. The molecule has 1 amide bonds. The van der Waals surface area contributed by atoms with Gasteiger partial charge < -0.3 is 25.0 Å². The molecule has 2 N–H and O–H groups in total. The minimum atomic E-state index is -0.0878. The number of rotatable bonds is 6. The van der Waals surface area contributed by atoms with Crippen molar-refractivity contribution < 1.29 is 14.3 Å². The number of halogens is 1. The second-order valence-corrected chi connectivity index (χ2v) is 7.16. The molecule has 3 rings (SSSR count). The number of aromatic nitrogens is 1. The van der Waals surface area contributed by atoms with Gasteiger partial charge in [0.05, 0.1) is 19.3 Å². The molecule has 1 aromatic heterocycles. The lowest BCUT2D eigenvalue weighted by Gasteiger charge is -2.37. The van der Waals surface area contributed by atoms with E-state index in [1.807, 2.05) is 19.9 Å². The van der Waals surface area contributed by atoms with Crippen molar-refractivity contribution in [1.29, 1.82) is 0 Å². The number of hydrogen-bond acceptors (Lipinski definition) is 5. The molecular formula is C20H32IN5O3. The van der Waals surface area contributed by atoms with Crippen LogP contribution in [0.3, 0.4) is 0 Å². The van der Waals surface area contributed by atoms with E-state index < -0.39 is 0 Å². The predicted octanol–water partition coefficient (Wildman–Crippen LogP) is 2.18. The normalized spacial score (nSPS) is 22.1. The van der Waals surface area contributed by atoms with Crippen LogP contribution in [0.15, 0.2) is 23.3 Å². The molecule has 162 valence electrons. The zero-order valence-corrected chi connectivity index (χ0v) is 19.6. The number of amides is 1. The van der Waals surface area contributed by atoms with Gasteiger partial charge in [0.15, 0.2) is 5.96 Å². The van der Waals surface area contributed by atoms with E-state index in [9.17, 15) is 4.79 Å². The van der Waals surface area contributed by atoms with E-state index in [1.165, 1.54) is 0 Å². The lowest BCUT2D eigenvalue weighted by Crippen LogP contribution is -2.53. The molecule has 2 saturated heterocycles. The van der Waals surface area contributed by atoms with Crippen LogP contribution < -0.4 is 10.6 Å². The topological polar surface area (TPSA) is 88.1 Å². The van der Waals surface area contributed by atoms with Crippen LogP contribution in [-0.2, 0) is 14.3 Å². The molecule has 9 heteroatoms. The number of pyridine rings is 1. The number of anilines is 1. The summed E-state index contributed by atoms with van der Waals surface area (Å²) in [7, 11) is 0. The number of aliphatic imine (C=N–C) groups is 1. The molecule has 0 bridgehead atoms. The van der Waals surface area contributed by atoms with Crippen LogP contribution in [0.25, 0.3) is 0 Å². The molecule has 0 radical (unpaired) electrons. The Morgan fingerprint density at radius 1 is 1.31 bits per heavy atom. The Morgan fingerprint density at radius 2 is 2.14 bits per heavy atom. The Balaban J connectivity index is 0.00000300. The van der Waals surface area contributed by atoms with E-state index in [4.69, 9.17) is 9.47 Å². The van der Waals surface area contributed by atoms with Gasteiger partial charge in [-0.25, -0.2) is 4.98 Å². The van der Waals surface area contributed by atoms with E-state index in [0.29, 0.717) is 25.4 Å². The van der Waals surface area contributed by atoms with Gasteiger partial charge in [0, 0.05) is 38.9 Å². The first kappa shape index (κ1) is 23.8. The summed E-state index contributed by atoms with van der Waals surface area (Å²) in [6.45, 7) is 8.23. The number of aryl methyl sites for hydroxylation is 1. The van der Waals surface area contributed by atoms with Gasteiger partial charge in [0.1, 0.15) is 11.9 Å². The molecule has 0 aromatic carbocycles. The average molecular weight is 517 g/mol. The number of guanidine groups is 1. The highest BCUT2D eigenvalue weighted by atomic mass is 127. The van der Waals surface area contributed by atoms with Gasteiger partial charge in [-0.15, -0.1) is 24.0 Å². The molecule has 29 heavy (non-hydrogen) atoms. The summed E-state index contributed by atoms with van der Waals surface area (Å²) in [6.07, 6.45) is 4.46. The Labute approximate surface area is 189 Å². The fourth-order valence-electron chi connectivity index (χ4n) is 3.42. The maximum atomic E-state index is 12.1. The summed E-state index contributed by atoms with van der Waals surface area (Å²) in [4.78, 5) is 23.2. The van der Waals surface area contributed by atoms with E-state index in [-0.39, 0.29) is 42.1 Å². The van der Waals surface area contributed by atoms with Crippen molar-refractivity contribution in [1.82, 2.24) is 15.2 Å². The molecule has 2 aliphatic heterocycles. The van der Waals surface area contributed by atoms with E-state index in [2.05, 4.69) is 25.5 Å². The molecule has 1 aromatic rings. The minimum Gasteiger partial charge on any atom is -0.375 e. The van der Waals surface area contributed by atoms with Crippen LogP contribution in [-0.4, -0.2) is 73.4 Å². The molecule has 2 aliphatic rings. The highest BCUT2D eigenvalue weighted by molar-refractivity contribution is 14.0. The Bertz CT molecular complexity index is 665. The summed E-state index contributed by atoms with van der Waals surface area (Å²) in [6, 6.07) is 3.73. The van der Waals surface area contributed by atoms with Crippen LogP contribution in [0.4, 0.5) is 5.82 Å². The molecular weight excluding hydrogens is 485 g/mol. The van der Waals surface area contributed by atoms with Crippen molar-refractivity contribution >= 4 is 41.7 Å². The van der Waals surface area contributed by atoms with Gasteiger partial charge in [-0.3, -0.25) is 9.79 Å². The van der Waals surface area contributed by atoms with Crippen LogP contribution in [0, 0.1) is 6.92 Å². The number of carbonyl (C=O) groups is 1. The second-order valence-electron chi connectivity index (χ2n) is 7.16. The Morgan fingerprint density at radius 3 is 2.83 bits per heavy atom. The van der Waals surface area contributed by atoms with Crippen LogP contribution in [0.1, 0.15) is 31.7 Å². The number of nitrogens with zero attached hydrogens (tertiary/aromatic N) is 3. The first-order valence-electron chi connectivity index (χ1n) is 10.1. The van der Waals surface area contributed by atoms with E-state index >= 15 is 0 Å². The predicted molar refractivity (Wildman–Crippen MR) is 124 cm³/mol. The van der Waals surface area contributed by atoms with Gasteiger partial charge in [-0.1, -0.05) is 6.07 Å². The SMILES string of the molecule is CCNC(=NCCC(=O)Nc1ccc(C)cn1)N1CCOC(C2CCCO2)C1.I. The standard InChI is InChI=1S/C20H31N5O3.HI/c1-3-21-20(25-10-12-28-17(14-25)16-5-4-11-27-16)22-9-8-19(26)24-18-7-6-15(2)13-23-18;/h6-7,13,16-17H,3-5,8-12,14H2,1-2H3,(H,21,22)(H,23,24,26);1H. The van der Waals surface area contributed by atoms with Crippen molar-refractivity contribution in [3.8, 4) is 0 Å². The van der Waals surface area contributed by atoms with E-state index in [0.717, 1.165) is 50.6 Å². The fraction of sp³-hybridized carbons (Fsp3) is 0.650. The first-order valence-corrected chi connectivity index (χ1v) is 10.1. The quantitative estimate of drug-likeness (QED) is 0.342. The third kappa shape index (κ3) is 7.38. The molecule has 2 atom stereocenters. The highest BCUT2D eigenvalue weighted by Crippen LogP contribution is 2.21. The number of morpholine rings is 1. The van der Waals surface area contributed by atoms with Crippen LogP contribution >= 0.6 is 24.0 Å². The smallest absolute Gasteiger partial charge is 0.227 e. The monoisotopic (exact) mass is 517 g/mol. The molecule has 8 nitrogen and oxygen atoms in total. The van der Waals surface area contributed by atoms with Gasteiger partial charge in [0.25, 0.3) is 0 Å². The summed E-state index contributed by atoms with van der Waals surface area (Å²) in [5.74, 6) is 1.31. The third-order valence-corrected chi connectivity index (χ3v) is 4.89. The number of carbonyl (C=O) groups excluding carboxylic acids is 1. The van der Waals surface area contributed by atoms with Crippen LogP contribution in [0.5, 0.6) is 0 Å². The van der Waals surface area contributed by atoms with Gasteiger partial charge in [0.2, 0.25) is 5.91 Å². The molecule has 0 spiro atoms. The molecule has 0 aliphatic carbocycles. The largest absolute Gasteiger partial charge is 0.375 e. The maximum absolute atomic E-state index is 12.1. The third-order valence-electron chi connectivity index (χ3n) is 4.89. The Kier molecular flexibility index (Phi) is 10.1. The fourth-order valence-corrected chi connectivity index (χ4v) is 3.42. The Hall–Kier alpha value is -1.46. The molecule has 2 unspecified atom stereocenters. The zero-order chi connectivity index (χ0) is 19.8.